The summed E-state index contributed by atoms with van der Waals surface area (Å²) in [5.41, 5.74) is 9.54. The second kappa shape index (κ2) is 6.48. The smallest absolute Gasteiger partial charge is 0.229 e. The fraction of sp³-hybridized carbons (Fsp3) is 0.0588. The van der Waals surface area contributed by atoms with Crippen LogP contribution in [0, 0.1) is 0 Å². The van der Waals surface area contributed by atoms with Crippen LogP contribution in [0.5, 0.6) is 0 Å². The molecule has 0 saturated heterocycles. The maximum Gasteiger partial charge on any atom is 0.229 e. The molecule has 0 saturated carbocycles. The van der Waals surface area contributed by atoms with Crippen molar-refractivity contribution in [2.45, 2.75) is 6.54 Å². The molecule has 0 spiro atoms. The van der Waals surface area contributed by atoms with Gasteiger partial charge in [-0.1, -0.05) is 30.3 Å². The Bertz CT molecular complexity index is 1010. The number of halogens is 1. The molecule has 7 nitrogen and oxygen atoms in total. The Kier molecular flexibility index (Phi) is 4.02. The molecular formula is C17H14BrN7. The summed E-state index contributed by atoms with van der Waals surface area (Å²) in [5, 5.41) is 7.49. The molecule has 3 N–H and O–H groups in total. The second-order valence-corrected chi connectivity index (χ2v) is 6.25. The highest BCUT2D eigenvalue weighted by atomic mass is 79.9. The maximum atomic E-state index is 5.77. The van der Waals surface area contributed by atoms with E-state index in [0.29, 0.717) is 18.1 Å². The number of hydrogen-bond donors (Lipinski definition) is 2. The third kappa shape index (κ3) is 3.16. The van der Waals surface area contributed by atoms with Crippen molar-refractivity contribution in [2.24, 2.45) is 0 Å². The van der Waals surface area contributed by atoms with E-state index in [1.807, 2.05) is 30.3 Å². The van der Waals surface area contributed by atoms with Crippen LogP contribution in [0.2, 0.25) is 0 Å². The van der Waals surface area contributed by atoms with E-state index < -0.39 is 0 Å². The number of pyridine rings is 1. The Hall–Kier alpha value is -3.00. The van der Waals surface area contributed by atoms with E-state index in [1.54, 1.807) is 16.9 Å². The van der Waals surface area contributed by atoms with Gasteiger partial charge in [-0.25, -0.2) is 0 Å². The standard InChI is InChI=1S/C17H14BrN7/c18-13-10-22-25-15(13)23-16(19)24-17(25)21-9-11-4-6-12(7-5-11)14-3-1-2-8-20-14/h1-8,10H,9H2,(H3,19,21,23,24). The normalized spacial score (nSPS) is 10.9. The summed E-state index contributed by atoms with van der Waals surface area (Å²) in [7, 11) is 0. The number of nitrogens with two attached hydrogens (primary N) is 1. The summed E-state index contributed by atoms with van der Waals surface area (Å²) < 4.78 is 2.38. The Morgan fingerprint density at radius 2 is 1.92 bits per heavy atom. The highest BCUT2D eigenvalue weighted by Gasteiger charge is 2.10. The summed E-state index contributed by atoms with van der Waals surface area (Å²) in [5.74, 6) is 0.740. The fourth-order valence-corrected chi connectivity index (χ4v) is 2.84. The SMILES string of the molecule is Nc1nc(NCc2ccc(-c3ccccn3)cc2)n2ncc(Br)c2n1. The third-order valence-electron chi connectivity index (χ3n) is 3.71. The number of aromatic nitrogens is 5. The lowest BCUT2D eigenvalue weighted by atomic mass is 10.1. The van der Waals surface area contributed by atoms with Crippen molar-refractivity contribution < 1.29 is 0 Å². The maximum absolute atomic E-state index is 5.77. The largest absolute Gasteiger partial charge is 0.368 e. The lowest BCUT2D eigenvalue weighted by Gasteiger charge is -2.09. The number of rotatable bonds is 4. The molecule has 3 aromatic heterocycles. The average Bonchev–Trinajstić information content (AvgIpc) is 3.02. The van der Waals surface area contributed by atoms with Crippen LogP contribution >= 0.6 is 15.9 Å². The summed E-state index contributed by atoms with van der Waals surface area (Å²) in [6.07, 6.45) is 3.45. The van der Waals surface area contributed by atoms with Crippen LogP contribution in [-0.2, 0) is 6.54 Å². The Morgan fingerprint density at radius 3 is 2.68 bits per heavy atom. The zero-order valence-electron chi connectivity index (χ0n) is 13.1. The van der Waals surface area contributed by atoms with Gasteiger partial charge in [0.1, 0.15) is 0 Å². The third-order valence-corrected chi connectivity index (χ3v) is 4.27. The van der Waals surface area contributed by atoms with Crippen LogP contribution in [0.1, 0.15) is 5.56 Å². The lowest BCUT2D eigenvalue weighted by molar-refractivity contribution is 0.886. The first-order valence-electron chi connectivity index (χ1n) is 7.62. The van der Waals surface area contributed by atoms with Crippen molar-refractivity contribution in [3.05, 3.63) is 64.9 Å². The van der Waals surface area contributed by atoms with Crippen molar-refractivity contribution in [2.75, 3.05) is 11.1 Å². The molecule has 0 fully saturated rings. The van der Waals surface area contributed by atoms with Gasteiger partial charge >= 0.3 is 0 Å². The van der Waals surface area contributed by atoms with Gasteiger partial charge < -0.3 is 11.1 Å². The van der Waals surface area contributed by atoms with E-state index in [4.69, 9.17) is 5.73 Å². The number of nitrogens with one attached hydrogen (secondary N) is 1. The molecule has 0 atom stereocenters. The first-order chi connectivity index (χ1) is 12.2. The zero-order chi connectivity index (χ0) is 17.2. The predicted octanol–water partition coefficient (Wildman–Crippen LogP) is 3.14. The van der Waals surface area contributed by atoms with Crippen LogP contribution in [0.15, 0.2) is 59.3 Å². The second-order valence-electron chi connectivity index (χ2n) is 5.40. The van der Waals surface area contributed by atoms with E-state index in [1.165, 1.54) is 0 Å². The minimum Gasteiger partial charge on any atom is -0.368 e. The van der Waals surface area contributed by atoms with Crippen molar-refractivity contribution in [1.82, 2.24) is 24.6 Å². The molecule has 0 bridgehead atoms. The Balaban J connectivity index is 1.54. The molecule has 0 unspecified atom stereocenters. The van der Waals surface area contributed by atoms with Crippen molar-refractivity contribution in [3.63, 3.8) is 0 Å². The first kappa shape index (κ1) is 15.5. The molecular weight excluding hydrogens is 382 g/mol. The number of nitrogens with zero attached hydrogens (tertiary/aromatic N) is 5. The molecule has 1 aromatic carbocycles. The van der Waals surface area contributed by atoms with Gasteiger partial charge in [0, 0.05) is 18.3 Å². The summed E-state index contributed by atoms with van der Waals surface area (Å²) in [6, 6.07) is 14.1. The van der Waals surface area contributed by atoms with Gasteiger partial charge in [0.25, 0.3) is 0 Å². The first-order valence-corrected chi connectivity index (χ1v) is 8.41. The molecule has 4 rings (SSSR count). The van der Waals surface area contributed by atoms with Crippen LogP contribution in [0.3, 0.4) is 0 Å². The van der Waals surface area contributed by atoms with Gasteiger partial charge in [-0.15, -0.1) is 0 Å². The molecule has 25 heavy (non-hydrogen) atoms. The monoisotopic (exact) mass is 395 g/mol. The van der Waals surface area contributed by atoms with Gasteiger partial charge in [-0.3, -0.25) is 4.98 Å². The predicted molar refractivity (Wildman–Crippen MR) is 99.9 cm³/mol. The number of hydrogen-bond acceptors (Lipinski definition) is 6. The van der Waals surface area contributed by atoms with Crippen molar-refractivity contribution in [3.8, 4) is 11.3 Å². The van der Waals surface area contributed by atoms with E-state index >= 15 is 0 Å². The van der Waals surface area contributed by atoms with Gasteiger partial charge in [0.15, 0.2) is 5.65 Å². The summed E-state index contributed by atoms with van der Waals surface area (Å²) in [6.45, 7) is 0.589. The molecule has 124 valence electrons. The number of fused-ring (bicyclic) bond motifs is 1. The van der Waals surface area contributed by atoms with Gasteiger partial charge in [0.2, 0.25) is 11.9 Å². The quantitative estimate of drug-likeness (QED) is 0.551. The highest BCUT2D eigenvalue weighted by molar-refractivity contribution is 9.10. The van der Waals surface area contributed by atoms with Gasteiger partial charge in [-0.2, -0.15) is 19.6 Å². The minimum absolute atomic E-state index is 0.196. The summed E-state index contributed by atoms with van der Waals surface area (Å²) >= 11 is 3.40. The fourth-order valence-electron chi connectivity index (χ4n) is 2.49. The average molecular weight is 396 g/mol. The molecule has 0 aliphatic rings. The lowest BCUT2D eigenvalue weighted by Crippen LogP contribution is -2.10. The van der Waals surface area contributed by atoms with E-state index in [-0.39, 0.29) is 5.95 Å². The van der Waals surface area contributed by atoms with Crippen molar-refractivity contribution >= 4 is 33.5 Å². The number of nitrogen functional groups attached to an aromatic ring is 1. The molecule has 0 aliphatic carbocycles. The van der Waals surface area contributed by atoms with Crippen LogP contribution in [-0.4, -0.2) is 24.6 Å². The Labute approximate surface area is 152 Å². The molecule has 8 heteroatoms. The van der Waals surface area contributed by atoms with E-state index in [9.17, 15) is 0 Å². The topological polar surface area (TPSA) is 94.0 Å². The van der Waals surface area contributed by atoms with Crippen molar-refractivity contribution in [1.29, 1.82) is 0 Å². The zero-order valence-corrected chi connectivity index (χ0v) is 14.7. The molecule has 0 amide bonds. The summed E-state index contributed by atoms with van der Waals surface area (Å²) in [4.78, 5) is 12.7. The van der Waals surface area contributed by atoms with Gasteiger partial charge in [-0.05, 0) is 33.6 Å². The number of benzene rings is 1. The molecule has 0 aliphatic heterocycles. The van der Waals surface area contributed by atoms with Crippen LogP contribution in [0.4, 0.5) is 11.9 Å². The van der Waals surface area contributed by atoms with Gasteiger partial charge in [0.05, 0.1) is 16.4 Å². The number of anilines is 2. The van der Waals surface area contributed by atoms with E-state index in [2.05, 4.69) is 53.4 Å². The van der Waals surface area contributed by atoms with Crippen LogP contribution < -0.4 is 11.1 Å². The molecule has 4 aromatic rings. The van der Waals surface area contributed by atoms with E-state index in [0.717, 1.165) is 21.3 Å². The van der Waals surface area contributed by atoms with Crippen LogP contribution in [0.25, 0.3) is 16.9 Å². The minimum atomic E-state index is 0.196. The highest BCUT2D eigenvalue weighted by Crippen LogP contribution is 2.20. The molecule has 3 heterocycles. The molecule has 0 radical (unpaired) electrons. The Morgan fingerprint density at radius 1 is 1.08 bits per heavy atom.